The fraction of sp³-hybridized carbons (Fsp3) is 0.395. The maximum atomic E-state index is 15.0. The number of fused-ring (bicyclic) bond motifs is 2. The van der Waals surface area contributed by atoms with Crippen LogP contribution in [0.1, 0.15) is 41.8 Å². The number of benzene rings is 3. The summed E-state index contributed by atoms with van der Waals surface area (Å²) >= 11 is 0. The van der Waals surface area contributed by atoms with Crippen LogP contribution in [0.2, 0.25) is 18.6 Å². The number of carbonyl (C=O) groups is 3. The molecule has 4 aliphatic rings. The van der Waals surface area contributed by atoms with Gasteiger partial charge in [0.1, 0.15) is 25.0 Å². The van der Waals surface area contributed by atoms with Crippen LogP contribution in [0.4, 0.5) is 26.7 Å². The van der Waals surface area contributed by atoms with Crippen LogP contribution < -0.4 is 14.7 Å². The number of nitrogens with zero attached hydrogens (tertiary/aromatic N) is 6. The molecule has 0 bridgehead atoms. The van der Waals surface area contributed by atoms with Gasteiger partial charge in [-0.05, 0) is 61.0 Å². The van der Waals surface area contributed by atoms with E-state index in [0.717, 1.165) is 5.56 Å². The van der Waals surface area contributed by atoms with E-state index in [1.165, 1.54) is 0 Å². The molecule has 276 valence electrons. The summed E-state index contributed by atoms with van der Waals surface area (Å²) in [5, 5.41) is 19.4. The lowest BCUT2D eigenvalue weighted by Gasteiger charge is -2.32. The van der Waals surface area contributed by atoms with Crippen LogP contribution in [0.3, 0.4) is 0 Å². The van der Waals surface area contributed by atoms with Gasteiger partial charge in [-0.15, -0.1) is 5.10 Å². The molecule has 4 aromatic rings. The molecule has 1 aromatic heterocycles. The maximum absolute atomic E-state index is 15.0. The Kier molecular flexibility index (Phi) is 8.84. The van der Waals surface area contributed by atoms with E-state index in [2.05, 4.69) is 10.3 Å². The van der Waals surface area contributed by atoms with Gasteiger partial charge in [0.15, 0.2) is 13.9 Å². The van der Waals surface area contributed by atoms with Crippen LogP contribution in [-0.4, -0.2) is 83.7 Å². The van der Waals surface area contributed by atoms with Crippen molar-refractivity contribution in [2.75, 3.05) is 41.0 Å². The van der Waals surface area contributed by atoms with Crippen molar-refractivity contribution in [3.63, 3.8) is 0 Å². The normalized spacial score (nSPS) is 24.7. The highest BCUT2D eigenvalue weighted by atomic mass is 28.4. The van der Waals surface area contributed by atoms with Crippen molar-refractivity contribution in [2.24, 2.45) is 5.92 Å². The highest BCUT2D eigenvalue weighted by molar-refractivity contribution is 6.71. The zero-order chi connectivity index (χ0) is 37.1. The first kappa shape index (κ1) is 35.0. The number of aliphatic hydroxyl groups is 1. The van der Waals surface area contributed by atoms with Crippen molar-refractivity contribution in [1.29, 1.82) is 0 Å². The quantitative estimate of drug-likeness (QED) is 0.218. The topological polar surface area (TPSA) is 160 Å². The van der Waals surface area contributed by atoms with Gasteiger partial charge >= 0.3 is 12.2 Å². The van der Waals surface area contributed by atoms with Crippen LogP contribution in [0.25, 0.3) is 0 Å². The molecule has 3 saturated heterocycles. The van der Waals surface area contributed by atoms with E-state index < -0.39 is 38.1 Å². The standard InChI is InChI=1S/C38H42N6O8Si/c1-24-34(53(2,3)49)32(15-16-41-23-30(39-40-41)33(45)26-7-5-4-6-8-26)52-38(24)29-21-28(43-18-20-51-37(43)48)13-14-31(29)44(35(38)46)22-25-9-11-27(12-10-25)42-17-19-50-36(42)47/h4-14,21,23-24,32-34,45,49H,15-20,22H2,1-3H3/t24-,32+,33+,34-,38+/m0/s1. The van der Waals surface area contributed by atoms with Gasteiger partial charge in [-0.1, -0.05) is 54.6 Å². The first-order valence-electron chi connectivity index (χ1n) is 17.9. The molecular weight excluding hydrogens is 697 g/mol. The van der Waals surface area contributed by atoms with Crippen molar-refractivity contribution >= 4 is 43.5 Å². The van der Waals surface area contributed by atoms with Crippen LogP contribution in [0.15, 0.2) is 79.0 Å². The Bertz CT molecular complexity index is 2040. The molecule has 0 aliphatic carbocycles. The Morgan fingerprint density at radius 2 is 1.58 bits per heavy atom. The van der Waals surface area contributed by atoms with E-state index in [1.54, 1.807) is 25.6 Å². The first-order chi connectivity index (χ1) is 25.5. The van der Waals surface area contributed by atoms with Gasteiger partial charge in [0.25, 0.3) is 5.91 Å². The van der Waals surface area contributed by atoms with Crippen LogP contribution in [0, 0.1) is 5.92 Å². The van der Waals surface area contributed by atoms with E-state index in [0.29, 0.717) is 66.5 Å². The number of carbonyl (C=O) groups excluding carboxylic acids is 3. The monoisotopic (exact) mass is 738 g/mol. The third-order valence-electron chi connectivity index (χ3n) is 11.0. The lowest BCUT2D eigenvalue weighted by Crippen LogP contribution is -2.46. The van der Waals surface area contributed by atoms with E-state index in [1.807, 2.05) is 92.8 Å². The van der Waals surface area contributed by atoms with E-state index >= 15 is 4.79 Å². The Balaban J connectivity index is 1.11. The van der Waals surface area contributed by atoms with Gasteiger partial charge in [-0.3, -0.25) is 19.3 Å². The van der Waals surface area contributed by atoms with Gasteiger partial charge in [-0.2, -0.15) is 0 Å². The van der Waals surface area contributed by atoms with Gasteiger partial charge in [0.2, 0.25) is 0 Å². The zero-order valence-corrected chi connectivity index (χ0v) is 30.8. The summed E-state index contributed by atoms with van der Waals surface area (Å²) in [6.07, 6.45) is -0.145. The van der Waals surface area contributed by atoms with Crippen molar-refractivity contribution < 1.29 is 38.5 Å². The van der Waals surface area contributed by atoms with Crippen molar-refractivity contribution in [3.8, 4) is 0 Å². The molecule has 53 heavy (non-hydrogen) atoms. The Hall–Kier alpha value is -5.09. The smallest absolute Gasteiger partial charge is 0.414 e. The third-order valence-corrected chi connectivity index (χ3v) is 13.5. The predicted octanol–water partition coefficient (Wildman–Crippen LogP) is 4.71. The molecule has 2 N–H and O–H groups in total. The Labute approximate surface area is 307 Å². The number of anilines is 3. The average molecular weight is 739 g/mol. The van der Waals surface area contributed by atoms with Gasteiger partial charge in [-0.25, -0.2) is 9.59 Å². The molecule has 4 aliphatic heterocycles. The molecule has 15 heteroatoms. The number of cyclic esters (lactones) is 2. The molecule has 0 radical (unpaired) electrons. The molecule has 5 heterocycles. The van der Waals surface area contributed by atoms with Crippen LogP contribution in [-0.2, 0) is 37.7 Å². The molecule has 14 nitrogen and oxygen atoms in total. The van der Waals surface area contributed by atoms with E-state index in [-0.39, 0.29) is 30.7 Å². The number of aromatic nitrogens is 3. The fourth-order valence-corrected chi connectivity index (χ4v) is 11.1. The lowest BCUT2D eigenvalue weighted by molar-refractivity contribution is -0.146. The number of aryl methyl sites for hydroxylation is 1. The highest BCUT2D eigenvalue weighted by Gasteiger charge is 2.66. The molecule has 0 saturated carbocycles. The molecule has 3 aromatic carbocycles. The Morgan fingerprint density at radius 3 is 2.23 bits per heavy atom. The minimum absolute atomic E-state index is 0.236. The molecule has 1 spiro atoms. The van der Waals surface area contributed by atoms with E-state index in [4.69, 9.17) is 14.2 Å². The summed E-state index contributed by atoms with van der Waals surface area (Å²) in [4.78, 5) is 56.5. The first-order valence-corrected chi connectivity index (χ1v) is 21.0. The van der Waals surface area contributed by atoms with Gasteiger partial charge in [0.05, 0.1) is 37.6 Å². The summed E-state index contributed by atoms with van der Waals surface area (Å²) in [6, 6.07) is 22.2. The highest BCUT2D eigenvalue weighted by Crippen LogP contribution is 2.60. The minimum Gasteiger partial charge on any atom is -0.447 e. The summed E-state index contributed by atoms with van der Waals surface area (Å²) in [7, 11) is -2.97. The Morgan fingerprint density at radius 1 is 0.925 bits per heavy atom. The van der Waals surface area contributed by atoms with Crippen molar-refractivity contribution in [2.45, 2.75) is 62.9 Å². The molecular formula is C38H42N6O8Si. The summed E-state index contributed by atoms with van der Waals surface area (Å²) in [5.74, 6) is -0.668. The maximum Gasteiger partial charge on any atom is 0.414 e. The molecule has 8 rings (SSSR count). The second-order valence-electron chi connectivity index (χ2n) is 14.7. The molecule has 0 unspecified atom stereocenters. The van der Waals surface area contributed by atoms with Crippen LogP contribution >= 0.6 is 0 Å². The van der Waals surface area contributed by atoms with Gasteiger partial charge < -0.3 is 29.0 Å². The number of hydrogen-bond acceptors (Lipinski definition) is 10. The van der Waals surface area contributed by atoms with Gasteiger partial charge in [0, 0.05) is 34.9 Å². The second-order valence-corrected chi connectivity index (χ2v) is 18.6. The van der Waals surface area contributed by atoms with Crippen molar-refractivity contribution in [3.05, 3.63) is 101 Å². The third kappa shape index (κ3) is 6.06. The lowest BCUT2D eigenvalue weighted by atomic mass is 9.82. The average Bonchev–Trinajstić information content (AvgIpc) is 3.98. The molecule has 3 fully saturated rings. The number of rotatable bonds is 10. The van der Waals surface area contributed by atoms with E-state index in [9.17, 15) is 19.5 Å². The summed E-state index contributed by atoms with van der Waals surface area (Å²) < 4.78 is 19.0. The zero-order valence-electron chi connectivity index (χ0n) is 29.8. The minimum atomic E-state index is -2.97. The summed E-state index contributed by atoms with van der Waals surface area (Å²) in [5.41, 5.74) is 2.82. The number of ether oxygens (including phenoxy) is 3. The second kappa shape index (κ2) is 13.4. The largest absolute Gasteiger partial charge is 0.447 e. The number of amides is 3. The van der Waals surface area contributed by atoms with Crippen molar-refractivity contribution in [1.82, 2.24) is 15.0 Å². The molecule has 5 atom stereocenters. The van der Waals surface area contributed by atoms with Crippen LogP contribution in [0.5, 0.6) is 0 Å². The number of hydrogen-bond donors (Lipinski definition) is 2. The SMILES string of the molecule is C[C@H]1[C@H]([Si](C)(C)O)[C@@H](CCn2cc([C@H](O)c3ccccc3)nn2)O[C@]12C(=O)N(Cc1ccc(N3CCOC3=O)cc1)c1ccc(N3CCOC3=O)cc12. The molecule has 3 amide bonds. The summed E-state index contributed by atoms with van der Waals surface area (Å²) in [6.45, 7) is 7.81. The predicted molar refractivity (Wildman–Crippen MR) is 196 cm³/mol. The number of aliphatic hydroxyl groups excluding tert-OH is 1. The fourth-order valence-electron chi connectivity index (χ4n) is 8.49.